The summed E-state index contributed by atoms with van der Waals surface area (Å²) in [5.74, 6) is -2.25. The molecule has 106 valence electrons. The van der Waals surface area contributed by atoms with Gasteiger partial charge in [0.15, 0.2) is 0 Å². The number of H-pyrrole nitrogens is 1. The quantitative estimate of drug-likeness (QED) is 0.641. The topological polar surface area (TPSA) is 120 Å². The molecule has 1 atom stereocenters. The number of carboxylic acids is 1. The number of carboxylic acid groups (broad SMARTS) is 1. The monoisotopic (exact) mass is 279 g/mol. The third-order valence-corrected chi connectivity index (χ3v) is 2.96. The lowest BCUT2D eigenvalue weighted by Crippen LogP contribution is -2.58. The van der Waals surface area contributed by atoms with Gasteiger partial charge >= 0.3 is 5.97 Å². The first kappa shape index (κ1) is 13.8. The van der Waals surface area contributed by atoms with E-state index in [1.807, 2.05) is 0 Å². The zero-order chi connectivity index (χ0) is 14.7. The van der Waals surface area contributed by atoms with E-state index >= 15 is 0 Å². The maximum atomic E-state index is 12.3. The predicted molar refractivity (Wildman–Crippen MR) is 67.1 cm³/mol. The van der Waals surface area contributed by atoms with E-state index in [9.17, 15) is 19.2 Å². The molecule has 20 heavy (non-hydrogen) atoms. The van der Waals surface area contributed by atoms with Gasteiger partial charge in [-0.25, -0.2) is 0 Å². The third-order valence-electron chi connectivity index (χ3n) is 2.96. The van der Waals surface area contributed by atoms with Crippen LogP contribution in [0.15, 0.2) is 23.0 Å². The minimum atomic E-state index is -1.17. The molecule has 0 radical (unpaired) electrons. The molecular weight excluding hydrogens is 266 g/mol. The highest BCUT2D eigenvalue weighted by Crippen LogP contribution is 2.12. The largest absolute Gasteiger partial charge is 0.481 e. The molecule has 2 amide bonds. The van der Waals surface area contributed by atoms with E-state index in [1.165, 1.54) is 18.2 Å². The first-order valence-electron chi connectivity index (χ1n) is 5.99. The van der Waals surface area contributed by atoms with E-state index in [2.05, 4.69) is 10.3 Å². The van der Waals surface area contributed by atoms with Crippen LogP contribution in [0.5, 0.6) is 0 Å². The van der Waals surface area contributed by atoms with Crippen molar-refractivity contribution in [2.24, 2.45) is 0 Å². The Labute approximate surface area is 113 Å². The van der Waals surface area contributed by atoms with Gasteiger partial charge < -0.3 is 20.3 Å². The second-order valence-electron chi connectivity index (χ2n) is 4.33. The van der Waals surface area contributed by atoms with Crippen molar-refractivity contribution < 1.29 is 19.5 Å². The van der Waals surface area contributed by atoms with E-state index in [4.69, 9.17) is 5.11 Å². The summed E-state index contributed by atoms with van der Waals surface area (Å²) >= 11 is 0. The maximum absolute atomic E-state index is 12.3. The Kier molecular flexibility index (Phi) is 3.83. The van der Waals surface area contributed by atoms with Crippen LogP contribution in [0.1, 0.15) is 16.9 Å². The van der Waals surface area contributed by atoms with Crippen molar-refractivity contribution >= 4 is 17.8 Å². The molecule has 1 aliphatic heterocycles. The third kappa shape index (κ3) is 2.85. The van der Waals surface area contributed by atoms with Crippen LogP contribution in [0.3, 0.4) is 0 Å². The number of aromatic amines is 1. The Hall–Kier alpha value is -2.64. The Morgan fingerprint density at radius 2 is 2.10 bits per heavy atom. The SMILES string of the molecule is O=C(O)CC1C(=O)NCCN1C(=O)c1cccc(=O)[nH]1. The van der Waals surface area contributed by atoms with E-state index < -0.39 is 35.8 Å². The average Bonchev–Trinajstić information content (AvgIpc) is 2.40. The lowest BCUT2D eigenvalue weighted by molar-refractivity contribution is -0.142. The van der Waals surface area contributed by atoms with Crippen LogP contribution in [0.2, 0.25) is 0 Å². The summed E-state index contributed by atoms with van der Waals surface area (Å²) in [4.78, 5) is 49.5. The predicted octanol–water partition coefficient (Wildman–Crippen LogP) is -1.21. The van der Waals surface area contributed by atoms with Crippen LogP contribution in [0.4, 0.5) is 0 Å². The van der Waals surface area contributed by atoms with Gasteiger partial charge in [0.1, 0.15) is 11.7 Å². The molecule has 1 aliphatic rings. The van der Waals surface area contributed by atoms with Crippen molar-refractivity contribution in [3.8, 4) is 0 Å². The van der Waals surface area contributed by atoms with E-state index in [0.717, 1.165) is 4.90 Å². The number of hydrogen-bond acceptors (Lipinski definition) is 4. The van der Waals surface area contributed by atoms with Crippen molar-refractivity contribution in [2.75, 3.05) is 13.1 Å². The van der Waals surface area contributed by atoms with E-state index in [1.54, 1.807) is 0 Å². The van der Waals surface area contributed by atoms with Gasteiger partial charge in [-0.3, -0.25) is 19.2 Å². The molecule has 2 heterocycles. The highest BCUT2D eigenvalue weighted by Gasteiger charge is 2.35. The van der Waals surface area contributed by atoms with Crippen molar-refractivity contribution in [1.82, 2.24) is 15.2 Å². The molecule has 1 aromatic rings. The lowest BCUT2D eigenvalue weighted by Gasteiger charge is -2.34. The summed E-state index contributed by atoms with van der Waals surface area (Å²) in [5.41, 5.74) is -0.408. The number of piperazine rings is 1. The van der Waals surface area contributed by atoms with Gasteiger partial charge in [0.2, 0.25) is 11.5 Å². The first-order chi connectivity index (χ1) is 9.49. The second kappa shape index (κ2) is 5.55. The molecule has 0 saturated carbocycles. The molecule has 3 N–H and O–H groups in total. The molecule has 0 aromatic carbocycles. The van der Waals surface area contributed by atoms with Crippen LogP contribution in [-0.2, 0) is 9.59 Å². The standard InChI is InChI=1S/C12H13N3O5/c16-9-3-1-2-7(14-9)12(20)15-5-4-13-11(19)8(15)6-10(17)18/h1-3,8H,4-6H2,(H,13,19)(H,14,16)(H,17,18). The van der Waals surface area contributed by atoms with E-state index in [0.29, 0.717) is 0 Å². The molecule has 1 aromatic heterocycles. The van der Waals surface area contributed by atoms with Crippen LogP contribution < -0.4 is 10.9 Å². The zero-order valence-electron chi connectivity index (χ0n) is 10.5. The van der Waals surface area contributed by atoms with Gasteiger partial charge in [-0.1, -0.05) is 6.07 Å². The van der Waals surface area contributed by atoms with Gasteiger partial charge in [0.25, 0.3) is 5.91 Å². The Morgan fingerprint density at radius 1 is 1.35 bits per heavy atom. The smallest absolute Gasteiger partial charge is 0.305 e. The lowest BCUT2D eigenvalue weighted by atomic mass is 10.1. The molecule has 2 rings (SSSR count). The van der Waals surface area contributed by atoms with Crippen molar-refractivity contribution in [2.45, 2.75) is 12.5 Å². The molecule has 8 nitrogen and oxygen atoms in total. The highest BCUT2D eigenvalue weighted by molar-refractivity contribution is 5.98. The van der Waals surface area contributed by atoms with Crippen LogP contribution in [0.25, 0.3) is 0 Å². The number of amides is 2. The number of hydrogen-bond donors (Lipinski definition) is 3. The fourth-order valence-corrected chi connectivity index (χ4v) is 2.05. The summed E-state index contributed by atoms with van der Waals surface area (Å²) in [7, 11) is 0. The van der Waals surface area contributed by atoms with Gasteiger partial charge in [-0.05, 0) is 6.07 Å². The summed E-state index contributed by atoms with van der Waals surface area (Å²) in [5, 5.41) is 11.3. The highest BCUT2D eigenvalue weighted by atomic mass is 16.4. The zero-order valence-corrected chi connectivity index (χ0v) is 10.5. The number of aromatic nitrogens is 1. The first-order valence-corrected chi connectivity index (χ1v) is 5.99. The number of nitrogens with zero attached hydrogens (tertiary/aromatic N) is 1. The number of carbonyl (C=O) groups excluding carboxylic acids is 2. The Morgan fingerprint density at radius 3 is 2.75 bits per heavy atom. The second-order valence-corrected chi connectivity index (χ2v) is 4.33. The summed E-state index contributed by atoms with van der Waals surface area (Å²) in [6, 6.07) is 3.02. The van der Waals surface area contributed by atoms with E-state index in [-0.39, 0.29) is 18.8 Å². The molecule has 0 bridgehead atoms. The van der Waals surface area contributed by atoms with Crippen molar-refractivity contribution in [1.29, 1.82) is 0 Å². The Bertz CT molecular complexity index is 609. The normalized spacial score (nSPS) is 18.5. The Balaban J connectivity index is 2.28. The summed E-state index contributed by atoms with van der Waals surface area (Å²) in [6.07, 6.45) is -0.478. The summed E-state index contributed by atoms with van der Waals surface area (Å²) < 4.78 is 0. The molecular formula is C12H13N3O5. The fourth-order valence-electron chi connectivity index (χ4n) is 2.05. The molecule has 0 aliphatic carbocycles. The molecule has 8 heteroatoms. The summed E-state index contributed by atoms with van der Waals surface area (Å²) in [6.45, 7) is 0.442. The van der Waals surface area contributed by atoms with Gasteiger partial charge in [0, 0.05) is 19.2 Å². The number of rotatable bonds is 3. The fraction of sp³-hybridized carbons (Fsp3) is 0.333. The van der Waals surface area contributed by atoms with Crippen LogP contribution in [-0.4, -0.2) is 51.9 Å². The molecule has 1 saturated heterocycles. The number of nitrogens with one attached hydrogen (secondary N) is 2. The minimum Gasteiger partial charge on any atom is -0.481 e. The van der Waals surface area contributed by atoms with Crippen molar-refractivity contribution in [3.05, 3.63) is 34.2 Å². The number of carbonyl (C=O) groups is 3. The van der Waals surface area contributed by atoms with Crippen LogP contribution in [0, 0.1) is 0 Å². The van der Waals surface area contributed by atoms with Gasteiger partial charge in [-0.2, -0.15) is 0 Å². The van der Waals surface area contributed by atoms with Gasteiger partial charge in [0.05, 0.1) is 6.42 Å². The average molecular weight is 279 g/mol. The molecule has 1 fully saturated rings. The minimum absolute atomic E-state index is 0.0302. The van der Waals surface area contributed by atoms with Crippen molar-refractivity contribution in [3.63, 3.8) is 0 Å². The number of aliphatic carboxylic acids is 1. The van der Waals surface area contributed by atoms with Crippen LogP contribution >= 0.6 is 0 Å². The van der Waals surface area contributed by atoms with Gasteiger partial charge in [-0.15, -0.1) is 0 Å². The number of pyridine rings is 1. The molecule has 0 spiro atoms. The maximum Gasteiger partial charge on any atom is 0.305 e. The molecule has 1 unspecified atom stereocenters.